The number of nitrogens with zero attached hydrogens (tertiary/aromatic N) is 6. The third-order valence-electron chi connectivity index (χ3n) is 11.0. The van der Waals surface area contributed by atoms with Gasteiger partial charge in [-0.3, -0.25) is 0 Å². The Hall–Kier alpha value is -8.14. The van der Waals surface area contributed by atoms with Gasteiger partial charge in [-0.1, -0.05) is 133 Å². The Morgan fingerprint density at radius 1 is 0.345 bits per heavy atom. The second kappa shape index (κ2) is 13.6. The lowest BCUT2D eigenvalue weighted by molar-refractivity contribution is 1.07. The van der Waals surface area contributed by atoms with Gasteiger partial charge in [-0.25, -0.2) is 15.0 Å². The van der Waals surface area contributed by atoms with E-state index in [1.165, 1.54) is 21.8 Å². The van der Waals surface area contributed by atoms with E-state index in [1.807, 2.05) is 84.9 Å². The van der Waals surface area contributed by atoms with Crippen molar-refractivity contribution in [3.8, 4) is 62.7 Å². The van der Waals surface area contributed by atoms with Gasteiger partial charge in [0, 0.05) is 55.2 Å². The largest absolute Gasteiger partial charge is 0.309 e. The van der Waals surface area contributed by atoms with Crippen molar-refractivity contribution in [2.75, 3.05) is 0 Å². The maximum atomic E-state index is 10.4. The van der Waals surface area contributed by atoms with Crippen molar-refractivity contribution in [3.63, 3.8) is 0 Å². The highest BCUT2D eigenvalue weighted by Gasteiger charge is 2.21. The van der Waals surface area contributed by atoms with Gasteiger partial charge in [0.1, 0.15) is 0 Å². The summed E-state index contributed by atoms with van der Waals surface area (Å²) in [6.45, 7) is 0. The van der Waals surface area contributed by atoms with Gasteiger partial charge in [0.25, 0.3) is 0 Å². The van der Waals surface area contributed by atoms with E-state index in [4.69, 9.17) is 15.0 Å². The molecule has 0 N–H and O–H groups in total. The zero-order chi connectivity index (χ0) is 38.6. The monoisotopic (exact) mass is 740 g/mol. The van der Waals surface area contributed by atoms with Crippen molar-refractivity contribution in [2.24, 2.45) is 0 Å². The number of nitriles is 1. The molecular weight excluding hydrogens is 709 g/mol. The Labute approximate surface area is 334 Å². The molecule has 0 fully saturated rings. The minimum Gasteiger partial charge on any atom is -0.309 e. The summed E-state index contributed by atoms with van der Waals surface area (Å²) in [7, 11) is 0. The molecule has 6 nitrogen and oxygen atoms in total. The summed E-state index contributed by atoms with van der Waals surface area (Å²) in [5.41, 5.74) is 11.4. The molecular formula is C52H32N6. The van der Waals surface area contributed by atoms with E-state index in [-0.39, 0.29) is 0 Å². The predicted octanol–water partition coefficient (Wildman–Crippen LogP) is 12.6. The maximum absolute atomic E-state index is 10.4. The molecule has 0 atom stereocenters. The Morgan fingerprint density at radius 3 is 1.38 bits per heavy atom. The summed E-state index contributed by atoms with van der Waals surface area (Å²) in [4.78, 5) is 15.1. The second-order valence-corrected chi connectivity index (χ2v) is 14.3. The lowest BCUT2D eigenvalue weighted by Crippen LogP contribution is -2.02. The summed E-state index contributed by atoms with van der Waals surface area (Å²) < 4.78 is 4.69. The summed E-state index contributed by atoms with van der Waals surface area (Å²) in [5, 5.41) is 15.2. The van der Waals surface area contributed by atoms with Gasteiger partial charge >= 0.3 is 0 Å². The van der Waals surface area contributed by atoms with Crippen molar-refractivity contribution in [2.45, 2.75) is 0 Å². The number of aromatic nitrogens is 5. The summed E-state index contributed by atoms with van der Waals surface area (Å²) in [6, 6.07) is 69.1. The minimum atomic E-state index is 0.528. The first-order valence-electron chi connectivity index (χ1n) is 19.3. The van der Waals surface area contributed by atoms with Gasteiger partial charge in [-0.05, 0) is 66.2 Å². The molecule has 58 heavy (non-hydrogen) atoms. The van der Waals surface area contributed by atoms with E-state index < -0.39 is 0 Å². The zero-order valence-corrected chi connectivity index (χ0v) is 31.2. The standard InChI is InChI=1S/C52H32N6/c53-33-36-19-7-8-20-39(36)44-31-37(27-29-43(44)52-55-50(34-15-3-1-4-16-34)54-51(56-52)35-17-5-2-6-18-35)58-48-26-14-11-23-42(48)45-32-38(28-30-49(45)58)57-46-24-12-9-21-40(46)41-22-10-13-25-47(41)57/h1-32H. The van der Waals surface area contributed by atoms with E-state index in [2.05, 4.69) is 124 Å². The number of hydrogen-bond acceptors (Lipinski definition) is 4. The zero-order valence-electron chi connectivity index (χ0n) is 31.2. The van der Waals surface area contributed by atoms with E-state index in [0.717, 1.165) is 61.0 Å². The Kier molecular flexibility index (Phi) is 7.76. The molecule has 0 aliphatic rings. The van der Waals surface area contributed by atoms with E-state index in [1.54, 1.807) is 0 Å². The molecule has 3 heterocycles. The topological polar surface area (TPSA) is 72.3 Å². The van der Waals surface area contributed by atoms with Crippen molar-refractivity contribution in [1.29, 1.82) is 5.26 Å². The van der Waals surface area contributed by atoms with Crippen molar-refractivity contribution >= 4 is 43.6 Å². The van der Waals surface area contributed by atoms with Gasteiger partial charge in [0.2, 0.25) is 0 Å². The maximum Gasteiger partial charge on any atom is 0.164 e. The molecule has 0 saturated heterocycles. The molecule has 0 spiro atoms. The molecule has 270 valence electrons. The average molecular weight is 741 g/mol. The van der Waals surface area contributed by atoms with Gasteiger partial charge in [-0.15, -0.1) is 0 Å². The Bertz CT molecular complexity index is 3300. The van der Waals surface area contributed by atoms with Gasteiger partial charge in [0.15, 0.2) is 17.5 Å². The number of para-hydroxylation sites is 3. The van der Waals surface area contributed by atoms with E-state index in [9.17, 15) is 5.26 Å². The van der Waals surface area contributed by atoms with Crippen molar-refractivity contribution in [3.05, 3.63) is 200 Å². The summed E-state index contributed by atoms with van der Waals surface area (Å²) >= 11 is 0. The minimum absolute atomic E-state index is 0.528. The van der Waals surface area contributed by atoms with Crippen LogP contribution in [0.3, 0.4) is 0 Å². The SMILES string of the molecule is N#Cc1ccccc1-c1cc(-n2c3ccccc3c3cc(-n4c5ccccc5c5ccccc54)ccc32)ccc1-c1nc(-c2ccccc2)nc(-c2ccccc2)n1. The first-order valence-corrected chi connectivity index (χ1v) is 19.3. The second-order valence-electron chi connectivity index (χ2n) is 14.3. The highest BCUT2D eigenvalue weighted by molar-refractivity contribution is 6.12. The van der Waals surface area contributed by atoms with Crippen molar-refractivity contribution in [1.82, 2.24) is 24.1 Å². The Morgan fingerprint density at radius 2 is 0.793 bits per heavy atom. The quantitative estimate of drug-likeness (QED) is 0.170. The van der Waals surface area contributed by atoms with Crippen LogP contribution in [0.4, 0.5) is 0 Å². The van der Waals surface area contributed by atoms with Gasteiger partial charge in [0.05, 0.1) is 33.7 Å². The lowest BCUT2D eigenvalue weighted by Gasteiger charge is -2.16. The molecule has 0 aliphatic carbocycles. The summed E-state index contributed by atoms with van der Waals surface area (Å²) in [6.07, 6.45) is 0. The normalized spacial score (nSPS) is 11.4. The molecule has 3 aromatic heterocycles. The fourth-order valence-electron chi connectivity index (χ4n) is 8.41. The molecule has 0 amide bonds. The van der Waals surface area contributed by atoms with Crippen molar-refractivity contribution < 1.29 is 0 Å². The van der Waals surface area contributed by atoms with Crippen LogP contribution in [0.5, 0.6) is 0 Å². The third kappa shape index (κ3) is 5.37. The van der Waals surface area contributed by atoms with Crippen LogP contribution < -0.4 is 0 Å². The van der Waals surface area contributed by atoms with E-state index >= 15 is 0 Å². The first kappa shape index (κ1) is 33.2. The van der Waals surface area contributed by atoms with Crippen LogP contribution in [0.2, 0.25) is 0 Å². The lowest BCUT2D eigenvalue weighted by atomic mass is 9.94. The number of rotatable bonds is 6. The Balaban J connectivity index is 1.15. The van der Waals surface area contributed by atoms with Gasteiger partial charge < -0.3 is 9.13 Å². The summed E-state index contributed by atoms with van der Waals surface area (Å²) in [5.74, 6) is 1.68. The molecule has 8 aromatic carbocycles. The number of benzene rings is 8. The fourth-order valence-corrected chi connectivity index (χ4v) is 8.41. The van der Waals surface area contributed by atoms with Gasteiger partial charge in [-0.2, -0.15) is 5.26 Å². The van der Waals surface area contributed by atoms with Crippen LogP contribution in [0.1, 0.15) is 5.56 Å². The molecule has 11 rings (SSSR count). The van der Waals surface area contributed by atoms with Crippen LogP contribution in [0, 0.1) is 11.3 Å². The smallest absolute Gasteiger partial charge is 0.164 e. The fraction of sp³-hybridized carbons (Fsp3) is 0. The number of hydrogen-bond donors (Lipinski definition) is 0. The molecule has 11 aromatic rings. The molecule has 6 heteroatoms. The predicted molar refractivity (Wildman–Crippen MR) is 235 cm³/mol. The molecule has 0 radical (unpaired) electrons. The first-order chi connectivity index (χ1) is 28.7. The molecule has 0 saturated carbocycles. The van der Waals surface area contributed by atoms with Crippen LogP contribution >= 0.6 is 0 Å². The van der Waals surface area contributed by atoms with Crippen LogP contribution in [-0.4, -0.2) is 24.1 Å². The molecule has 0 aliphatic heterocycles. The highest BCUT2D eigenvalue weighted by atomic mass is 15.0. The molecule has 0 bridgehead atoms. The van der Waals surface area contributed by atoms with E-state index in [0.29, 0.717) is 23.0 Å². The average Bonchev–Trinajstić information content (AvgIpc) is 3.82. The van der Waals surface area contributed by atoms with Crippen LogP contribution in [0.25, 0.3) is 100 Å². The third-order valence-corrected chi connectivity index (χ3v) is 11.0. The molecule has 0 unspecified atom stereocenters. The highest BCUT2D eigenvalue weighted by Crippen LogP contribution is 2.40. The number of fused-ring (bicyclic) bond motifs is 6. The van der Waals surface area contributed by atoms with Crippen LogP contribution in [0.15, 0.2) is 194 Å². The van der Waals surface area contributed by atoms with Crippen LogP contribution in [-0.2, 0) is 0 Å².